The summed E-state index contributed by atoms with van der Waals surface area (Å²) in [6.45, 7) is 7.71. The molecule has 0 spiro atoms. The molecule has 2 aromatic rings. The summed E-state index contributed by atoms with van der Waals surface area (Å²) in [6.07, 6.45) is 0.999. The minimum absolute atomic E-state index is 0. The Bertz CT molecular complexity index is 672. The summed E-state index contributed by atoms with van der Waals surface area (Å²) in [4.78, 5) is 7.07. The Morgan fingerprint density at radius 3 is 2.72 bits per heavy atom. The Morgan fingerprint density at radius 1 is 1.28 bits per heavy atom. The van der Waals surface area contributed by atoms with Crippen LogP contribution in [0.5, 0.6) is 5.75 Å². The quantitative estimate of drug-likeness (QED) is 0.357. The summed E-state index contributed by atoms with van der Waals surface area (Å²) in [7, 11) is 1.80. The maximum Gasteiger partial charge on any atom is 0.191 e. The van der Waals surface area contributed by atoms with Gasteiger partial charge in [0.25, 0.3) is 0 Å². The SMILES string of the molecule is CCOc1cccc(CNC(=NC)NC(C)Cc2ccc(C)s2)c1.I. The Labute approximate surface area is 172 Å². The van der Waals surface area contributed by atoms with Gasteiger partial charge in [0, 0.05) is 35.8 Å². The highest BCUT2D eigenvalue weighted by atomic mass is 127. The van der Waals surface area contributed by atoms with Gasteiger partial charge in [-0.15, -0.1) is 35.3 Å². The van der Waals surface area contributed by atoms with Gasteiger partial charge in [0.15, 0.2) is 5.96 Å². The number of benzene rings is 1. The van der Waals surface area contributed by atoms with Crippen molar-refractivity contribution in [3.63, 3.8) is 0 Å². The Hall–Kier alpha value is -1.28. The third-order valence-electron chi connectivity index (χ3n) is 3.58. The van der Waals surface area contributed by atoms with Gasteiger partial charge in [-0.2, -0.15) is 0 Å². The van der Waals surface area contributed by atoms with Crippen molar-refractivity contribution in [1.29, 1.82) is 0 Å². The van der Waals surface area contributed by atoms with E-state index in [4.69, 9.17) is 4.74 Å². The molecule has 0 bridgehead atoms. The van der Waals surface area contributed by atoms with Crippen LogP contribution in [-0.2, 0) is 13.0 Å². The van der Waals surface area contributed by atoms with E-state index >= 15 is 0 Å². The summed E-state index contributed by atoms with van der Waals surface area (Å²) < 4.78 is 5.54. The molecular formula is C19H28IN3OS. The van der Waals surface area contributed by atoms with E-state index in [1.807, 2.05) is 30.4 Å². The third-order valence-corrected chi connectivity index (χ3v) is 4.60. The highest BCUT2D eigenvalue weighted by Crippen LogP contribution is 2.16. The highest BCUT2D eigenvalue weighted by Gasteiger charge is 2.08. The number of aliphatic imine (C=N–C) groups is 1. The Balaban J connectivity index is 0.00000312. The Morgan fingerprint density at radius 2 is 2.08 bits per heavy atom. The molecule has 0 aliphatic heterocycles. The lowest BCUT2D eigenvalue weighted by molar-refractivity contribution is 0.340. The van der Waals surface area contributed by atoms with Crippen molar-refractivity contribution in [2.75, 3.05) is 13.7 Å². The summed E-state index contributed by atoms with van der Waals surface area (Å²) >= 11 is 1.85. The first kappa shape index (κ1) is 21.8. The number of hydrogen-bond donors (Lipinski definition) is 2. The zero-order chi connectivity index (χ0) is 17.4. The number of rotatable bonds is 7. The van der Waals surface area contributed by atoms with Crippen molar-refractivity contribution in [2.45, 2.75) is 39.8 Å². The average Bonchev–Trinajstić information content (AvgIpc) is 2.97. The second-order valence-electron chi connectivity index (χ2n) is 5.77. The molecule has 0 aliphatic rings. The molecule has 0 amide bonds. The van der Waals surface area contributed by atoms with Gasteiger partial charge in [0.05, 0.1) is 6.61 Å². The van der Waals surface area contributed by atoms with E-state index < -0.39 is 0 Å². The predicted octanol–water partition coefficient (Wildman–Crippen LogP) is 4.37. The smallest absolute Gasteiger partial charge is 0.191 e. The first-order chi connectivity index (χ1) is 11.6. The molecule has 1 aromatic heterocycles. The van der Waals surface area contributed by atoms with Gasteiger partial charge in [-0.25, -0.2) is 0 Å². The minimum atomic E-state index is 0. The number of nitrogens with one attached hydrogen (secondary N) is 2. The summed E-state index contributed by atoms with van der Waals surface area (Å²) in [5, 5.41) is 6.81. The molecule has 0 saturated heterocycles. The van der Waals surface area contributed by atoms with E-state index in [0.29, 0.717) is 19.2 Å². The molecule has 2 N–H and O–H groups in total. The van der Waals surface area contributed by atoms with Crippen LogP contribution in [0.25, 0.3) is 0 Å². The maximum absolute atomic E-state index is 5.54. The van der Waals surface area contributed by atoms with Gasteiger partial charge in [0.2, 0.25) is 0 Å². The fourth-order valence-electron chi connectivity index (χ4n) is 2.47. The predicted molar refractivity (Wildman–Crippen MR) is 119 cm³/mol. The fraction of sp³-hybridized carbons (Fsp3) is 0.421. The van der Waals surface area contributed by atoms with Gasteiger partial charge >= 0.3 is 0 Å². The van der Waals surface area contributed by atoms with Crippen LogP contribution < -0.4 is 15.4 Å². The molecule has 1 unspecified atom stereocenters. The summed E-state index contributed by atoms with van der Waals surface area (Å²) in [5.74, 6) is 1.72. The average molecular weight is 473 g/mol. The van der Waals surface area contributed by atoms with E-state index in [-0.39, 0.29) is 24.0 Å². The van der Waals surface area contributed by atoms with E-state index in [1.165, 1.54) is 15.3 Å². The van der Waals surface area contributed by atoms with Crippen molar-refractivity contribution >= 4 is 41.3 Å². The van der Waals surface area contributed by atoms with Crippen molar-refractivity contribution in [2.24, 2.45) is 4.99 Å². The second-order valence-corrected chi connectivity index (χ2v) is 7.14. The van der Waals surface area contributed by atoms with Crippen LogP contribution in [-0.4, -0.2) is 25.7 Å². The molecule has 0 saturated carbocycles. The Kier molecular flexibility index (Phi) is 9.89. The van der Waals surface area contributed by atoms with E-state index in [0.717, 1.165) is 18.1 Å². The fourth-order valence-corrected chi connectivity index (χ4v) is 3.49. The molecule has 6 heteroatoms. The summed E-state index contributed by atoms with van der Waals surface area (Å²) in [5.41, 5.74) is 1.17. The molecule has 1 atom stereocenters. The van der Waals surface area contributed by atoms with Crippen LogP contribution in [0.15, 0.2) is 41.4 Å². The van der Waals surface area contributed by atoms with Crippen molar-refractivity contribution in [3.05, 3.63) is 51.7 Å². The molecule has 0 fully saturated rings. The number of aryl methyl sites for hydroxylation is 1. The molecule has 4 nitrogen and oxygen atoms in total. The molecular weight excluding hydrogens is 445 g/mol. The first-order valence-electron chi connectivity index (χ1n) is 8.35. The number of thiophene rings is 1. The molecule has 138 valence electrons. The van der Waals surface area contributed by atoms with Gasteiger partial charge in [-0.3, -0.25) is 4.99 Å². The van der Waals surface area contributed by atoms with E-state index in [2.05, 4.69) is 53.7 Å². The normalized spacial score (nSPS) is 12.2. The monoisotopic (exact) mass is 473 g/mol. The number of halogens is 1. The molecule has 0 radical (unpaired) electrons. The zero-order valence-corrected chi connectivity index (χ0v) is 18.5. The van der Waals surface area contributed by atoms with Crippen LogP contribution in [0.3, 0.4) is 0 Å². The number of nitrogens with zero attached hydrogens (tertiary/aromatic N) is 1. The molecule has 25 heavy (non-hydrogen) atoms. The van der Waals surface area contributed by atoms with Crippen LogP contribution in [0.4, 0.5) is 0 Å². The lowest BCUT2D eigenvalue weighted by atomic mass is 10.2. The first-order valence-corrected chi connectivity index (χ1v) is 9.16. The highest BCUT2D eigenvalue weighted by molar-refractivity contribution is 14.0. The number of guanidine groups is 1. The molecule has 1 heterocycles. The minimum Gasteiger partial charge on any atom is -0.494 e. The van der Waals surface area contributed by atoms with Crippen LogP contribution in [0.2, 0.25) is 0 Å². The van der Waals surface area contributed by atoms with Gasteiger partial charge in [-0.1, -0.05) is 12.1 Å². The van der Waals surface area contributed by atoms with Crippen LogP contribution in [0.1, 0.15) is 29.2 Å². The van der Waals surface area contributed by atoms with Crippen molar-refractivity contribution in [3.8, 4) is 5.75 Å². The largest absolute Gasteiger partial charge is 0.494 e. The third kappa shape index (κ3) is 7.64. The number of ether oxygens (including phenoxy) is 1. The summed E-state index contributed by atoms with van der Waals surface area (Å²) in [6, 6.07) is 12.8. The lowest BCUT2D eigenvalue weighted by Crippen LogP contribution is -2.42. The van der Waals surface area contributed by atoms with Gasteiger partial charge in [-0.05, 0) is 50.6 Å². The second kappa shape index (κ2) is 11.4. The zero-order valence-electron chi connectivity index (χ0n) is 15.3. The van der Waals surface area contributed by atoms with Crippen molar-refractivity contribution < 1.29 is 4.74 Å². The standard InChI is InChI=1S/C19H27N3OS.HI/c1-5-23-17-8-6-7-16(12-17)13-21-19(20-4)22-14(2)11-18-10-9-15(3)24-18;/h6-10,12,14H,5,11,13H2,1-4H3,(H2,20,21,22);1H. The molecule has 2 rings (SSSR count). The van der Waals surface area contributed by atoms with Crippen LogP contribution in [0, 0.1) is 6.92 Å². The number of hydrogen-bond acceptors (Lipinski definition) is 3. The van der Waals surface area contributed by atoms with Crippen molar-refractivity contribution in [1.82, 2.24) is 10.6 Å². The van der Waals surface area contributed by atoms with E-state index in [1.54, 1.807) is 7.05 Å². The maximum atomic E-state index is 5.54. The molecule has 1 aromatic carbocycles. The topological polar surface area (TPSA) is 45.6 Å². The van der Waals surface area contributed by atoms with Gasteiger partial charge < -0.3 is 15.4 Å². The van der Waals surface area contributed by atoms with E-state index in [9.17, 15) is 0 Å². The van der Waals surface area contributed by atoms with Gasteiger partial charge in [0.1, 0.15) is 5.75 Å². The lowest BCUT2D eigenvalue weighted by Gasteiger charge is -2.17. The van der Waals surface area contributed by atoms with Crippen LogP contribution >= 0.6 is 35.3 Å². The molecule has 0 aliphatic carbocycles.